The zero-order chi connectivity index (χ0) is 22.0. The number of sulfonamides is 1. The molecule has 1 N–H and O–H groups in total. The fourth-order valence-electron chi connectivity index (χ4n) is 5.35. The number of benzene rings is 1. The van der Waals surface area contributed by atoms with Crippen LogP contribution in [-0.2, 0) is 32.3 Å². The first-order chi connectivity index (χ1) is 14.6. The first-order valence-corrected chi connectivity index (χ1v) is 12.6. The van der Waals surface area contributed by atoms with E-state index in [1.54, 1.807) is 10.4 Å². The van der Waals surface area contributed by atoms with E-state index in [1.165, 1.54) is 0 Å². The van der Waals surface area contributed by atoms with E-state index in [4.69, 9.17) is 9.47 Å². The number of nitrogens with one attached hydrogen (secondary N) is 1. The number of aryl methyl sites for hydroxylation is 1. The third-order valence-corrected chi connectivity index (χ3v) is 8.91. The lowest BCUT2D eigenvalue weighted by atomic mass is 9.76. The van der Waals surface area contributed by atoms with Gasteiger partial charge < -0.3 is 14.5 Å². The van der Waals surface area contributed by atoms with Gasteiger partial charge in [-0.2, -0.15) is 4.31 Å². The highest BCUT2D eigenvalue weighted by Crippen LogP contribution is 2.40. The fraction of sp³-hybridized carbons (Fsp3) is 0.609. The zero-order valence-corrected chi connectivity index (χ0v) is 19.2. The van der Waals surface area contributed by atoms with Crippen LogP contribution in [0.3, 0.4) is 0 Å². The van der Waals surface area contributed by atoms with Gasteiger partial charge in [-0.3, -0.25) is 4.79 Å². The van der Waals surface area contributed by atoms with Gasteiger partial charge in [-0.15, -0.1) is 0 Å². The number of H-pyrrole nitrogens is 1. The summed E-state index contributed by atoms with van der Waals surface area (Å²) in [6, 6.07) is 3.64. The van der Waals surface area contributed by atoms with E-state index in [2.05, 4.69) is 18.8 Å². The monoisotopic (exact) mass is 446 g/mol. The topological polar surface area (TPSA) is 88.7 Å². The molecule has 3 aliphatic rings. The average Bonchev–Trinajstić information content (AvgIpc) is 3.30. The minimum Gasteiger partial charge on any atom is -0.358 e. The molecule has 31 heavy (non-hydrogen) atoms. The summed E-state index contributed by atoms with van der Waals surface area (Å²) in [6.07, 6.45) is 2.94. The molecule has 7 nitrogen and oxygen atoms in total. The molecule has 2 aliphatic heterocycles. The van der Waals surface area contributed by atoms with Crippen molar-refractivity contribution in [3.05, 3.63) is 29.0 Å². The molecule has 0 amide bonds. The number of fused-ring (bicyclic) bond motifs is 3. The van der Waals surface area contributed by atoms with Gasteiger partial charge in [0.25, 0.3) is 0 Å². The molecule has 0 bridgehead atoms. The van der Waals surface area contributed by atoms with Gasteiger partial charge in [0.15, 0.2) is 11.6 Å². The van der Waals surface area contributed by atoms with Crippen LogP contribution < -0.4 is 0 Å². The van der Waals surface area contributed by atoms with Gasteiger partial charge in [0.2, 0.25) is 10.0 Å². The molecular weight excluding hydrogens is 416 g/mol. The van der Waals surface area contributed by atoms with Crippen molar-refractivity contribution in [3.63, 3.8) is 0 Å². The molecule has 1 spiro atoms. The van der Waals surface area contributed by atoms with Crippen LogP contribution in [0.2, 0.25) is 0 Å². The van der Waals surface area contributed by atoms with Crippen LogP contribution in [0.15, 0.2) is 17.0 Å². The number of Topliss-reactive ketones (excluding diaryl/α,β-unsaturated/α-hetero) is 1. The van der Waals surface area contributed by atoms with Crippen molar-refractivity contribution >= 4 is 26.7 Å². The molecule has 1 aromatic carbocycles. The number of ether oxygens (including phenoxy) is 2. The second-order valence-electron chi connectivity index (χ2n) is 9.79. The molecule has 0 radical (unpaired) electrons. The number of piperidine rings is 1. The Bertz CT molecular complexity index is 1150. The maximum Gasteiger partial charge on any atom is 0.243 e. The Kier molecular flexibility index (Phi) is 4.86. The highest BCUT2D eigenvalue weighted by molar-refractivity contribution is 7.89. The van der Waals surface area contributed by atoms with E-state index in [0.29, 0.717) is 56.9 Å². The number of carbonyl (C=O) groups excluding carboxylic acids is 1. The van der Waals surface area contributed by atoms with E-state index in [-0.39, 0.29) is 11.2 Å². The second-order valence-corrected chi connectivity index (χ2v) is 11.7. The van der Waals surface area contributed by atoms with Gasteiger partial charge in [-0.1, -0.05) is 20.8 Å². The summed E-state index contributed by atoms with van der Waals surface area (Å²) in [6.45, 7) is 8.01. The smallest absolute Gasteiger partial charge is 0.243 e. The Morgan fingerprint density at radius 2 is 1.77 bits per heavy atom. The van der Waals surface area contributed by atoms with Gasteiger partial charge in [0.05, 0.1) is 18.1 Å². The van der Waals surface area contributed by atoms with Crippen LogP contribution in [0.4, 0.5) is 0 Å². The highest BCUT2D eigenvalue weighted by Gasteiger charge is 2.43. The molecule has 1 aromatic heterocycles. The summed E-state index contributed by atoms with van der Waals surface area (Å²) >= 11 is 0. The molecule has 1 aliphatic carbocycles. The maximum absolute atomic E-state index is 13.6. The average molecular weight is 447 g/mol. The summed E-state index contributed by atoms with van der Waals surface area (Å²) < 4.78 is 40.2. The number of rotatable bonds is 3. The SMILES string of the molecule is CCc1cc2c3c([nH]c2cc1S(=O)(=O)N1CCC2(CC1)OCCO2)CC(C)(C)CC3=O. The lowest BCUT2D eigenvalue weighted by Gasteiger charge is -2.37. The van der Waals surface area contributed by atoms with E-state index < -0.39 is 15.8 Å². The normalized spacial score (nSPS) is 23.5. The Labute approximate surface area is 183 Å². The molecular formula is C23H30N2O5S. The van der Waals surface area contributed by atoms with Crippen LogP contribution >= 0.6 is 0 Å². The number of carbonyl (C=O) groups is 1. The minimum atomic E-state index is -3.66. The Morgan fingerprint density at radius 1 is 1.10 bits per heavy atom. The van der Waals surface area contributed by atoms with Crippen molar-refractivity contribution in [2.75, 3.05) is 26.3 Å². The molecule has 0 unspecified atom stereocenters. The number of hydrogen-bond donors (Lipinski definition) is 1. The standard InChI is InChI=1S/C23H30N2O5S/c1-4-15-11-16-17(24-18-13-22(2,3)14-19(26)21(16)18)12-20(15)31(27,28)25-7-5-23(6-8-25)29-9-10-30-23/h11-12,24H,4-10,13-14H2,1-3H3. The van der Waals surface area contributed by atoms with Crippen LogP contribution in [0, 0.1) is 5.41 Å². The predicted octanol–water partition coefficient (Wildman–Crippen LogP) is 3.41. The van der Waals surface area contributed by atoms with Gasteiger partial charge >= 0.3 is 0 Å². The summed E-state index contributed by atoms with van der Waals surface area (Å²) in [5.41, 5.74) is 3.04. The van der Waals surface area contributed by atoms with Crippen molar-refractivity contribution in [1.29, 1.82) is 0 Å². The van der Waals surface area contributed by atoms with Gasteiger partial charge in [0.1, 0.15) is 0 Å². The summed E-state index contributed by atoms with van der Waals surface area (Å²) in [5, 5.41) is 0.844. The fourth-order valence-corrected chi connectivity index (χ4v) is 7.09. The van der Waals surface area contributed by atoms with Crippen LogP contribution in [0.1, 0.15) is 61.6 Å². The highest BCUT2D eigenvalue weighted by atomic mass is 32.2. The number of aromatic nitrogens is 1. The lowest BCUT2D eigenvalue weighted by Crippen LogP contribution is -2.47. The van der Waals surface area contributed by atoms with Crippen LogP contribution in [0.25, 0.3) is 10.9 Å². The van der Waals surface area contributed by atoms with Crippen molar-refractivity contribution in [2.24, 2.45) is 5.41 Å². The van der Waals surface area contributed by atoms with E-state index in [0.717, 1.165) is 34.1 Å². The van der Waals surface area contributed by atoms with E-state index in [1.807, 2.05) is 13.0 Å². The van der Waals surface area contributed by atoms with Crippen molar-refractivity contribution < 1.29 is 22.7 Å². The molecule has 0 saturated carbocycles. The van der Waals surface area contributed by atoms with Gasteiger partial charge in [-0.25, -0.2) is 8.42 Å². The van der Waals surface area contributed by atoms with Crippen LogP contribution in [0.5, 0.6) is 0 Å². The molecule has 5 rings (SSSR count). The molecule has 168 valence electrons. The molecule has 3 heterocycles. The molecule has 2 aromatic rings. The third-order valence-electron chi connectivity index (χ3n) is 6.93. The van der Waals surface area contributed by atoms with E-state index >= 15 is 0 Å². The van der Waals surface area contributed by atoms with E-state index in [9.17, 15) is 13.2 Å². The van der Waals surface area contributed by atoms with Crippen molar-refractivity contribution in [1.82, 2.24) is 9.29 Å². The quantitative estimate of drug-likeness (QED) is 0.781. The predicted molar refractivity (Wildman–Crippen MR) is 117 cm³/mol. The number of hydrogen-bond acceptors (Lipinski definition) is 5. The zero-order valence-electron chi connectivity index (χ0n) is 18.4. The molecule has 2 saturated heterocycles. The lowest BCUT2D eigenvalue weighted by molar-refractivity contribution is -0.179. The third kappa shape index (κ3) is 3.44. The maximum atomic E-state index is 13.6. The van der Waals surface area contributed by atoms with Gasteiger partial charge in [0, 0.05) is 54.5 Å². The number of aromatic amines is 1. The minimum absolute atomic E-state index is 0.0956. The van der Waals surface area contributed by atoms with Crippen LogP contribution in [-0.4, -0.2) is 55.6 Å². The molecule has 2 fully saturated rings. The first-order valence-electron chi connectivity index (χ1n) is 11.1. The van der Waals surface area contributed by atoms with Crippen molar-refractivity contribution in [2.45, 2.75) is 63.6 Å². The molecule has 0 atom stereocenters. The largest absolute Gasteiger partial charge is 0.358 e. The Hall–Kier alpha value is -1.74. The second kappa shape index (κ2) is 7.13. The Morgan fingerprint density at radius 3 is 2.42 bits per heavy atom. The summed E-state index contributed by atoms with van der Waals surface area (Å²) in [7, 11) is -3.66. The molecule has 8 heteroatoms. The summed E-state index contributed by atoms with van der Waals surface area (Å²) in [4.78, 5) is 16.6. The summed E-state index contributed by atoms with van der Waals surface area (Å²) in [5.74, 6) is -0.483. The van der Waals surface area contributed by atoms with Crippen molar-refractivity contribution in [3.8, 4) is 0 Å². The van der Waals surface area contributed by atoms with Gasteiger partial charge in [-0.05, 0) is 36.0 Å². The number of ketones is 1. The Balaban J connectivity index is 1.53. The number of nitrogens with zero attached hydrogens (tertiary/aromatic N) is 1. The first kappa shape index (κ1) is 21.1.